The number of Topliss-reactive ketones (excluding diaryl/α,β-unsaturated/α-hetero) is 1. The molecule has 5 aliphatic rings. The van der Waals surface area contributed by atoms with Gasteiger partial charge in [0.05, 0.1) is 60.5 Å². The molecule has 2 aliphatic heterocycles. The van der Waals surface area contributed by atoms with Gasteiger partial charge in [-0.25, -0.2) is 13.4 Å². The highest BCUT2D eigenvalue weighted by Crippen LogP contribution is 2.57. The van der Waals surface area contributed by atoms with E-state index in [1.54, 1.807) is 24.2 Å². The van der Waals surface area contributed by atoms with E-state index in [1.807, 2.05) is 25.1 Å². The number of allylic oxidation sites excluding steroid dienone is 1. The zero-order chi connectivity index (χ0) is 44.0. The first-order chi connectivity index (χ1) is 29.6. The number of cyclic esters (lactones) is 1. The summed E-state index contributed by atoms with van der Waals surface area (Å²) in [5, 5.41) is 7.30. The highest BCUT2D eigenvalue weighted by Gasteiger charge is 2.61. The molecule has 16 heteroatoms. The number of hydrogen-bond donors (Lipinski definition) is 2. The van der Waals surface area contributed by atoms with Crippen LogP contribution in [0.25, 0.3) is 10.9 Å². The molecule has 4 bridgehead atoms. The Balaban J connectivity index is 1.16. The number of sulfonamides is 1. The Hall–Kier alpha value is -4.99. The lowest BCUT2D eigenvalue weighted by Gasteiger charge is -2.31. The average Bonchev–Trinajstić information content (AvgIpc) is 4.03. The summed E-state index contributed by atoms with van der Waals surface area (Å²) in [5.74, 6) is -1.69. The monoisotopic (exact) mass is 873 g/mol. The van der Waals surface area contributed by atoms with Crippen LogP contribution in [0.1, 0.15) is 108 Å². The maximum atomic E-state index is 15.0. The summed E-state index contributed by atoms with van der Waals surface area (Å²) in [4.78, 5) is 63.6. The summed E-state index contributed by atoms with van der Waals surface area (Å²) in [6, 6.07) is 6.46. The van der Waals surface area contributed by atoms with Crippen LogP contribution in [0.3, 0.4) is 0 Å². The Morgan fingerprint density at radius 3 is 2.55 bits per heavy atom. The van der Waals surface area contributed by atoms with Crippen molar-refractivity contribution < 1.29 is 46.5 Å². The molecular formula is C46H59N5O10S. The van der Waals surface area contributed by atoms with Gasteiger partial charge in [0.25, 0.3) is 0 Å². The lowest BCUT2D eigenvalue weighted by Crippen LogP contribution is -2.47. The van der Waals surface area contributed by atoms with Crippen molar-refractivity contribution in [3.05, 3.63) is 53.9 Å². The number of carbonyl (C=O) groups excluding carboxylic acids is 4. The second-order valence-electron chi connectivity index (χ2n) is 19.0. The Kier molecular flexibility index (Phi) is 12.2. The minimum absolute atomic E-state index is 0.0379. The summed E-state index contributed by atoms with van der Waals surface area (Å²) >= 11 is 0. The van der Waals surface area contributed by atoms with Crippen LogP contribution >= 0.6 is 0 Å². The molecular weight excluding hydrogens is 815 g/mol. The molecule has 1 saturated heterocycles. The van der Waals surface area contributed by atoms with Crippen LogP contribution in [0.4, 0.5) is 0 Å². The van der Waals surface area contributed by atoms with Gasteiger partial charge >= 0.3 is 5.97 Å². The van der Waals surface area contributed by atoms with E-state index in [9.17, 15) is 22.8 Å². The third-order valence-corrected chi connectivity index (χ3v) is 15.5. The van der Waals surface area contributed by atoms with Crippen LogP contribution in [0, 0.1) is 35.5 Å². The number of aromatic amines is 1. The van der Waals surface area contributed by atoms with E-state index in [4.69, 9.17) is 23.9 Å². The van der Waals surface area contributed by atoms with Crippen molar-refractivity contribution in [3.8, 4) is 17.4 Å². The number of nitrogens with one attached hydrogen (secondary N) is 2. The summed E-state index contributed by atoms with van der Waals surface area (Å²) < 4.78 is 52.9. The van der Waals surface area contributed by atoms with E-state index >= 15 is 4.79 Å². The number of nitrogens with zero attached hydrogens (tertiary/aromatic N) is 3. The van der Waals surface area contributed by atoms with Crippen molar-refractivity contribution in [1.82, 2.24) is 24.8 Å². The Morgan fingerprint density at radius 1 is 1.10 bits per heavy atom. The maximum absolute atomic E-state index is 15.0. The molecule has 5 atom stereocenters. The molecule has 4 heterocycles. The van der Waals surface area contributed by atoms with E-state index in [1.165, 1.54) is 0 Å². The average molecular weight is 874 g/mol. The number of aromatic nitrogens is 3. The molecule has 3 aromatic rings. The lowest BCUT2D eigenvalue weighted by atomic mass is 9.85. The third kappa shape index (κ3) is 9.35. The molecule has 3 aliphatic carbocycles. The fourth-order valence-corrected chi connectivity index (χ4v) is 11.2. The van der Waals surface area contributed by atoms with Crippen LogP contribution < -0.4 is 18.9 Å². The maximum Gasteiger partial charge on any atom is 0.306 e. The predicted octanol–water partition coefficient (Wildman–Crippen LogP) is 6.06. The number of H-pyrrole nitrogens is 1. The van der Waals surface area contributed by atoms with Crippen molar-refractivity contribution in [3.63, 3.8) is 0 Å². The Labute approximate surface area is 363 Å². The zero-order valence-corrected chi connectivity index (χ0v) is 37.0. The van der Waals surface area contributed by atoms with Crippen LogP contribution in [-0.4, -0.2) is 89.7 Å². The quantitative estimate of drug-likeness (QED) is 0.158. The van der Waals surface area contributed by atoms with Crippen molar-refractivity contribution in [2.24, 2.45) is 28.6 Å². The number of ketones is 1. The number of rotatable bonds is 12. The van der Waals surface area contributed by atoms with Gasteiger partial charge in [-0.05, 0) is 93.2 Å². The van der Waals surface area contributed by atoms with Gasteiger partial charge in [0.2, 0.25) is 27.7 Å². The topological polar surface area (TPSA) is 196 Å². The number of benzene rings is 1. The molecule has 2 amide bonds. The zero-order valence-electron chi connectivity index (χ0n) is 36.2. The van der Waals surface area contributed by atoms with E-state index in [2.05, 4.69) is 35.3 Å². The van der Waals surface area contributed by atoms with E-state index in [0.29, 0.717) is 47.4 Å². The molecule has 0 spiro atoms. The summed E-state index contributed by atoms with van der Waals surface area (Å²) in [5.41, 5.74) is 1.42. The van der Waals surface area contributed by atoms with Crippen molar-refractivity contribution in [2.45, 2.75) is 128 Å². The van der Waals surface area contributed by atoms with Crippen LogP contribution in [-0.2, 0) is 47.0 Å². The molecule has 0 radical (unpaired) electrons. The Bertz CT molecular complexity index is 2350. The van der Waals surface area contributed by atoms with Crippen molar-refractivity contribution >= 4 is 44.5 Å². The van der Waals surface area contributed by atoms with E-state index in [0.717, 1.165) is 49.8 Å². The van der Waals surface area contributed by atoms with Gasteiger partial charge in [0.15, 0.2) is 5.78 Å². The second kappa shape index (κ2) is 17.3. The predicted molar refractivity (Wildman–Crippen MR) is 229 cm³/mol. The van der Waals surface area contributed by atoms with Crippen molar-refractivity contribution in [1.29, 1.82) is 0 Å². The summed E-state index contributed by atoms with van der Waals surface area (Å²) in [7, 11) is -2.26. The van der Waals surface area contributed by atoms with Gasteiger partial charge in [0.1, 0.15) is 24.2 Å². The molecule has 15 nitrogen and oxygen atoms in total. The van der Waals surface area contributed by atoms with E-state index < -0.39 is 56.5 Å². The van der Waals surface area contributed by atoms with Gasteiger partial charge in [0, 0.05) is 36.1 Å². The number of amides is 2. The third-order valence-electron chi connectivity index (χ3n) is 13.6. The number of pyridine rings is 1. The van der Waals surface area contributed by atoms with Crippen LogP contribution in [0.2, 0.25) is 0 Å². The minimum Gasteiger partial charge on any atom is -0.496 e. The SMILES string of the molecule is C=C[C@@H]1C[C@]1(CC(=O)[C@@H]1C[C@@H]2CN1C(=O)[C@H](C1CCCC1)CC(=O)OCC(C)(C)CCCc1cc3c(cc(OCc4cc(C)[nH]n4)nc3cc1OC)O2)C(=O)NS(=O)(=O)C1CC1. The highest BCUT2D eigenvalue weighted by molar-refractivity contribution is 7.90. The molecule has 334 valence electrons. The molecule has 0 unspecified atom stereocenters. The van der Waals surface area contributed by atoms with Gasteiger partial charge in [-0.3, -0.25) is 29.0 Å². The summed E-state index contributed by atoms with van der Waals surface area (Å²) in [6.07, 6.45) is 7.45. The minimum atomic E-state index is -3.88. The largest absolute Gasteiger partial charge is 0.496 e. The first-order valence-corrected chi connectivity index (χ1v) is 23.6. The number of carbonyl (C=O) groups is 4. The Morgan fingerprint density at radius 2 is 1.87 bits per heavy atom. The number of ether oxygens (including phenoxy) is 4. The molecule has 1 aromatic carbocycles. The first kappa shape index (κ1) is 43.7. The first-order valence-electron chi connectivity index (χ1n) is 22.1. The normalized spacial score (nSPS) is 26.9. The lowest BCUT2D eigenvalue weighted by molar-refractivity contribution is -0.153. The van der Waals surface area contributed by atoms with Gasteiger partial charge in [-0.1, -0.05) is 32.8 Å². The number of fused-ring (bicyclic) bond motifs is 3. The number of aryl methyl sites for hydroxylation is 2. The molecule has 62 heavy (non-hydrogen) atoms. The van der Waals surface area contributed by atoms with Gasteiger partial charge in [-0.2, -0.15) is 5.10 Å². The van der Waals surface area contributed by atoms with Gasteiger partial charge < -0.3 is 23.8 Å². The summed E-state index contributed by atoms with van der Waals surface area (Å²) in [6.45, 7) is 10.3. The molecule has 2 aromatic heterocycles. The fraction of sp³-hybridized carbons (Fsp3) is 0.609. The van der Waals surface area contributed by atoms with E-state index in [-0.39, 0.29) is 74.3 Å². The number of hydrogen-bond acceptors (Lipinski definition) is 12. The standard InChI is InChI=1S/C46H59N5O10S/c1-6-30-22-46(30,44(55)50-62(56,57)33-13-14-33)23-38(52)37-18-32-24-51(37)43(54)34(28-10-7-8-11-28)19-42(53)60-26-45(3,4)15-9-12-29-17-35-36(20-39(29)58-5)47-41(21-40(35)61-32)59-25-31-16-27(2)48-49-31/h6,16-17,20-21,28,30,32-34,37H,1,7-15,18-19,22-26H2,2-5H3,(H,48,49)(H,50,55)/t30-,32-,34+,37+,46-/m1/s1. The molecule has 3 saturated carbocycles. The van der Waals surface area contributed by atoms with Crippen LogP contribution in [0.15, 0.2) is 36.9 Å². The molecule has 4 fully saturated rings. The smallest absolute Gasteiger partial charge is 0.306 e. The fourth-order valence-electron chi connectivity index (χ4n) is 9.79. The highest BCUT2D eigenvalue weighted by atomic mass is 32.2. The van der Waals surface area contributed by atoms with Gasteiger partial charge in [-0.15, -0.1) is 6.58 Å². The number of esters is 1. The molecule has 8 rings (SSSR count). The molecule has 2 N–H and O–H groups in total. The number of methoxy groups -OCH3 is 1. The van der Waals surface area contributed by atoms with Crippen LogP contribution in [0.5, 0.6) is 17.4 Å². The second-order valence-corrected chi connectivity index (χ2v) is 21.0. The van der Waals surface area contributed by atoms with Crippen molar-refractivity contribution in [2.75, 3.05) is 20.3 Å².